The first-order chi connectivity index (χ1) is 6.76. The van der Waals surface area contributed by atoms with Crippen LogP contribution in [0.1, 0.15) is 30.5 Å². The van der Waals surface area contributed by atoms with Crippen molar-refractivity contribution in [2.75, 3.05) is 0 Å². The van der Waals surface area contributed by atoms with E-state index in [-0.39, 0.29) is 6.61 Å². The van der Waals surface area contributed by atoms with Crippen molar-refractivity contribution < 1.29 is 5.11 Å². The number of aryl methyl sites for hydroxylation is 1. The van der Waals surface area contributed by atoms with Gasteiger partial charge in [0.05, 0.1) is 19.1 Å². The third kappa shape index (κ3) is 4.06. The van der Waals surface area contributed by atoms with Gasteiger partial charge in [-0.15, -0.1) is 0 Å². The lowest BCUT2D eigenvalue weighted by Crippen LogP contribution is -1.89. The molecule has 0 aliphatic carbocycles. The molecular weight excluding hydrogens is 174 g/mol. The highest BCUT2D eigenvalue weighted by Gasteiger charge is 1.96. The molecule has 2 heteroatoms. The van der Waals surface area contributed by atoms with Crippen molar-refractivity contribution in [3.8, 4) is 6.07 Å². The molecule has 1 aromatic carbocycles. The molecule has 0 aliphatic rings. The van der Waals surface area contributed by atoms with Crippen molar-refractivity contribution in [1.82, 2.24) is 0 Å². The molecule has 1 rings (SSSR count). The lowest BCUT2D eigenvalue weighted by atomic mass is 10.1. The average molecular weight is 191 g/mol. The van der Waals surface area contributed by atoms with Crippen molar-refractivity contribution in [2.24, 2.45) is 0 Å². The molecule has 0 atom stereocenters. The van der Waals surface area contributed by atoms with E-state index < -0.39 is 0 Å². The largest absolute Gasteiger partial charge is 0.392 e. The van der Waals surface area contributed by atoms with Gasteiger partial charge in [0.25, 0.3) is 0 Å². The van der Waals surface area contributed by atoms with Gasteiger partial charge in [-0.1, -0.05) is 37.6 Å². The molecule has 0 fully saturated rings. The van der Waals surface area contributed by atoms with Crippen LogP contribution in [-0.2, 0) is 13.0 Å². The molecule has 1 N–H and O–H groups in total. The van der Waals surface area contributed by atoms with Gasteiger partial charge in [-0.05, 0) is 18.1 Å². The van der Waals surface area contributed by atoms with Crippen LogP contribution in [0, 0.1) is 18.3 Å². The summed E-state index contributed by atoms with van der Waals surface area (Å²) in [5.74, 6) is 0. The number of hydrogen-bond acceptors (Lipinski definition) is 2. The smallest absolute Gasteiger partial charge is 0.0682 e. The number of benzene rings is 1. The molecule has 0 aromatic heterocycles. The highest BCUT2D eigenvalue weighted by Crippen LogP contribution is 2.09. The number of hydrogen-bond donors (Lipinski definition) is 1. The summed E-state index contributed by atoms with van der Waals surface area (Å²) in [6, 6.07) is 7.82. The van der Waals surface area contributed by atoms with Crippen LogP contribution in [0.2, 0.25) is 0 Å². The zero-order chi connectivity index (χ0) is 11.0. The molecule has 0 saturated heterocycles. The van der Waals surface area contributed by atoms with E-state index in [9.17, 15) is 0 Å². The highest BCUT2D eigenvalue weighted by atomic mass is 16.3. The summed E-state index contributed by atoms with van der Waals surface area (Å²) in [5.41, 5.74) is 2.94. The Kier molecular flexibility index (Phi) is 6.43. The molecule has 0 bridgehead atoms. The predicted octanol–water partition coefficient (Wildman–Crippen LogP) is 2.58. The van der Waals surface area contributed by atoms with Gasteiger partial charge in [-0.25, -0.2) is 0 Å². The SMILES string of the molecule is CC.Cc1cc(CO)cc(CC#N)c1. The molecule has 0 spiro atoms. The predicted molar refractivity (Wildman–Crippen MR) is 57.8 cm³/mol. The number of aliphatic hydroxyl groups is 1. The minimum Gasteiger partial charge on any atom is -0.392 e. The second-order valence-electron chi connectivity index (χ2n) is 2.82. The Hall–Kier alpha value is -1.33. The van der Waals surface area contributed by atoms with Gasteiger partial charge < -0.3 is 5.11 Å². The number of rotatable bonds is 2. The summed E-state index contributed by atoms with van der Waals surface area (Å²) in [6.45, 7) is 6.00. The van der Waals surface area contributed by atoms with Gasteiger partial charge in [0.15, 0.2) is 0 Å². The van der Waals surface area contributed by atoms with Crippen molar-refractivity contribution in [1.29, 1.82) is 5.26 Å². The van der Waals surface area contributed by atoms with Crippen LogP contribution in [0.4, 0.5) is 0 Å². The zero-order valence-corrected chi connectivity index (χ0v) is 9.04. The molecule has 76 valence electrons. The monoisotopic (exact) mass is 191 g/mol. The summed E-state index contributed by atoms with van der Waals surface area (Å²) < 4.78 is 0. The maximum Gasteiger partial charge on any atom is 0.0682 e. The summed E-state index contributed by atoms with van der Waals surface area (Å²) in [4.78, 5) is 0. The average Bonchev–Trinajstić information content (AvgIpc) is 2.20. The van der Waals surface area contributed by atoms with Gasteiger partial charge >= 0.3 is 0 Å². The highest BCUT2D eigenvalue weighted by molar-refractivity contribution is 5.30. The van der Waals surface area contributed by atoms with Crippen LogP contribution in [0.5, 0.6) is 0 Å². The molecule has 0 saturated carbocycles. The molecular formula is C12H17NO. The minimum absolute atomic E-state index is 0.0418. The van der Waals surface area contributed by atoms with Crippen molar-refractivity contribution in [3.05, 3.63) is 34.9 Å². The Morgan fingerprint density at radius 3 is 2.29 bits per heavy atom. The van der Waals surface area contributed by atoms with E-state index in [1.807, 2.05) is 39.0 Å². The van der Waals surface area contributed by atoms with E-state index in [0.29, 0.717) is 6.42 Å². The van der Waals surface area contributed by atoms with E-state index >= 15 is 0 Å². The lowest BCUT2D eigenvalue weighted by Gasteiger charge is -2.01. The Bertz CT molecular complexity index is 313. The van der Waals surface area contributed by atoms with Gasteiger partial charge in [0.1, 0.15) is 0 Å². The topological polar surface area (TPSA) is 44.0 Å². The van der Waals surface area contributed by atoms with Crippen LogP contribution in [0.25, 0.3) is 0 Å². The fourth-order valence-corrected chi connectivity index (χ4v) is 1.23. The molecule has 0 aliphatic heterocycles. The van der Waals surface area contributed by atoms with Gasteiger partial charge in [0, 0.05) is 0 Å². The van der Waals surface area contributed by atoms with Gasteiger partial charge in [-0.3, -0.25) is 0 Å². The minimum atomic E-state index is 0.0418. The molecule has 0 unspecified atom stereocenters. The molecule has 0 heterocycles. The standard InChI is InChI=1S/C10H11NO.C2H6/c1-8-4-9(2-3-11)6-10(5-8)7-12;1-2/h4-6,12H,2,7H2,1H3;1-2H3. The van der Waals surface area contributed by atoms with Crippen LogP contribution >= 0.6 is 0 Å². The Morgan fingerprint density at radius 1 is 1.21 bits per heavy atom. The van der Waals surface area contributed by atoms with E-state index in [1.54, 1.807) is 0 Å². The first-order valence-electron chi connectivity index (χ1n) is 4.83. The summed E-state index contributed by atoms with van der Waals surface area (Å²) in [5, 5.41) is 17.3. The molecule has 2 nitrogen and oxygen atoms in total. The summed E-state index contributed by atoms with van der Waals surface area (Å²) in [7, 11) is 0. The lowest BCUT2D eigenvalue weighted by molar-refractivity contribution is 0.281. The maximum atomic E-state index is 8.87. The summed E-state index contributed by atoms with van der Waals surface area (Å²) >= 11 is 0. The first kappa shape index (κ1) is 12.7. The van der Waals surface area contributed by atoms with E-state index in [1.165, 1.54) is 0 Å². The van der Waals surface area contributed by atoms with Crippen LogP contribution < -0.4 is 0 Å². The Balaban J connectivity index is 0.000000791. The third-order valence-corrected chi connectivity index (χ3v) is 1.66. The van der Waals surface area contributed by atoms with E-state index in [0.717, 1.165) is 16.7 Å². The van der Waals surface area contributed by atoms with Crippen LogP contribution in [0.15, 0.2) is 18.2 Å². The quantitative estimate of drug-likeness (QED) is 0.780. The summed E-state index contributed by atoms with van der Waals surface area (Å²) in [6.07, 6.45) is 0.411. The molecule has 1 aromatic rings. The fourth-order valence-electron chi connectivity index (χ4n) is 1.23. The Morgan fingerprint density at radius 2 is 1.79 bits per heavy atom. The first-order valence-corrected chi connectivity index (χ1v) is 4.83. The zero-order valence-electron chi connectivity index (χ0n) is 9.04. The van der Waals surface area contributed by atoms with Crippen LogP contribution in [0.3, 0.4) is 0 Å². The van der Waals surface area contributed by atoms with Gasteiger partial charge in [0.2, 0.25) is 0 Å². The number of aliphatic hydroxyl groups excluding tert-OH is 1. The molecule has 0 amide bonds. The third-order valence-electron chi connectivity index (χ3n) is 1.66. The fraction of sp³-hybridized carbons (Fsp3) is 0.417. The molecule has 0 radical (unpaired) electrons. The van der Waals surface area contributed by atoms with Gasteiger partial charge in [-0.2, -0.15) is 5.26 Å². The maximum absolute atomic E-state index is 8.87. The van der Waals surface area contributed by atoms with E-state index in [2.05, 4.69) is 6.07 Å². The number of nitriles is 1. The normalized spacial score (nSPS) is 8.50. The van der Waals surface area contributed by atoms with Crippen molar-refractivity contribution >= 4 is 0 Å². The van der Waals surface area contributed by atoms with E-state index in [4.69, 9.17) is 10.4 Å². The van der Waals surface area contributed by atoms with Crippen molar-refractivity contribution in [2.45, 2.75) is 33.8 Å². The molecule has 14 heavy (non-hydrogen) atoms. The second-order valence-corrected chi connectivity index (χ2v) is 2.82. The second kappa shape index (κ2) is 7.11. The Labute approximate surface area is 85.8 Å². The van der Waals surface area contributed by atoms with Crippen LogP contribution in [-0.4, -0.2) is 5.11 Å². The number of nitrogens with zero attached hydrogens (tertiary/aromatic N) is 1. The van der Waals surface area contributed by atoms with Crippen molar-refractivity contribution in [3.63, 3.8) is 0 Å².